The summed E-state index contributed by atoms with van der Waals surface area (Å²) < 4.78 is 0.119. The fourth-order valence-corrected chi connectivity index (χ4v) is 10.6. The van der Waals surface area contributed by atoms with Crippen molar-refractivity contribution in [1.29, 1.82) is 0 Å². The van der Waals surface area contributed by atoms with Crippen LogP contribution in [0.4, 0.5) is 0 Å². The average Bonchev–Trinajstić information content (AvgIpc) is 2.82. The molecule has 0 fully saturated rings. The van der Waals surface area contributed by atoms with Crippen LogP contribution in [-0.4, -0.2) is 29.9 Å². The normalized spacial score (nSPS) is 11.3. The van der Waals surface area contributed by atoms with E-state index in [4.69, 9.17) is 0 Å². The van der Waals surface area contributed by atoms with E-state index in [9.17, 15) is 0 Å². The van der Waals surface area contributed by atoms with E-state index in [0.29, 0.717) is 29.9 Å². The quantitative estimate of drug-likeness (QED) is 0.269. The number of rotatable bonds is 8. The minimum absolute atomic E-state index is 0.119. The molecule has 4 aromatic carbocycles. The third kappa shape index (κ3) is 5.10. The molecule has 0 aliphatic rings. The van der Waals surface area contributed by atoms with Crippen LogP contribution < -0.4 is 0 Å². The Morgan fingerprint density at radius 3 is 1.07 bits per heavy atom. The molecule has 0 unspecified atom stereocenters. The van der Waals surface area contributed by atoms with Crippen molar-refractivity contribution in [2.24, 2.45) is 0 Å². The van der Waals surface area contributed by atoms with E-state index in [-0.39, 0.29) is 3.21 Å². The molecule has 0 amide bonds. The second-order valence-electron chi connectivity index (χ2n) is 6.90. The molecule has 0 nitrogen and oxygen atoms in total. The molecule has 29 heavy (non-hydrogen) atoms. The van der Waals surface area contributed by atoms with Gasteiger partial charge in [-0.05, 0) is 0 Å². The van der Waals surface area contributed by atoms with Crippen LogP contribution in [0.25, 0.3) is 0 Å². The van der Waals surface area contributed by atoms with Crippen LogP contribution in [0.2, 0.25) is 0 Å². The van der Waals surface area contributed by atoms with Gasteiger partial charge in [-0.1, -0.05) is 0 Å². The predicted octanol–water partition coefficient (Wildman–Crippen LogP) is 5.70. The average molecular weight is 506 g/mol. The maximum atomic E-state index is 2.34. The third-order valence-corrected chi connectivity index (χ3v) is 13.1. The summed E-state index contributed by atoms with van der Waals surface area (Å²) in [5.74, 6) is 0. The number of benzene rings is 4. The molecule has 0 aliphatic carbocycles. The molecule has 0 atom stereocenters. The van der Waals surface area contributed by atoms with Gasteiger partial charge in [0, 0.05) is 0 Å². The number of hydrogen-bond acceptors (Lipinski definition) is 0. The van der Waals surface area contributed by atoms with Crippen molar-refractivity contribution in [1.82, 2.24) is 0 Å². The summed E-state index contributed by atoms with van der Waals surface area (Å²) in [6.45, 7) is 0. The van der Waals surface area contributed by atoms with Gasteiger partial charge in [0.15, 0.2) is 0 Å². The molecule has 4 rings (SSSR count). The molecule has 0 N–H and O–H groups in total. The SMILES string of the molecule is c1ccc(C[Se]C([Se]Cc2ccccc2)(c2ccccc2)c2ccccc2)cc1. The van der Waals surface area contributed by atoms with Crippen LogP contribution in [-0.2, 0) is 13.9 Å². The molecule has 0 radical (unpaired) electrons. The van der Waals surface area contributed by atoms with E-state index in [1.165, 1.54) is 22.3 Å². The Balaban J connectivity index is 1.73. The summed E-state index contributed by atoms with van der Waals surface area (Å²) in [4.78, 5) is 0. The molecular weight excluding hydrogens is 482 g/mol. The van der Waals surface area contributed by atoms with Gasteiger partial charge in [-0.2, -0.15) is 0 Å². The van der Waals surface area contributed by atoms with Crippen LogP contribution in [0.3, 0.4) is 0 Å². The zero-order chi connectivity index (χ0) is 19.8. The summed E-state index contributed by atoms with van der Waals surface area (Å²) in [6.07, 6.45) is 0. The Morgan fingerprint density at radius 2 is 0.724 bits per heavy atom. The summed E-state index contributed by atoms with van der Waals surface area (Å²) in [5, 5.41) is 2.29. The Hall–Kier alpha value is -2.08. The molecule has 2 heteroatoms. The molecule has 0 heterocycles. The second-order valence-corrected chi connectivity index (χ2v) is 13.2. The van der Waals surface area contributed by atoms with Crippen molar-refractivity contribution in [3.8, 4) is 0 Å². The van der Waals surface area contributed by atoms with Crippen LogP contribution in [0.5, 0.6) is 0 Å². The minimum atomic E-state index is 0.119. The molecule has 0 saturated heterocycles. The van der Waals surface area contributed by atoms with Crippen LogP contribution in [0, 0.1) is 0 Å². The van der Waals surface area contributed by atoms with Gasteiger partial charge in [-0.15, -0.1) is 0 Å². The first-order chi connectivity index (χ1) is 14.4. The molecule has 144 valence electrons. The zero-order valence-corrected chi connectivity index (χ0v) is 19.7. The Morgan fingerprint density at radius 1 is 0.414 bits per heavy atom. The van der Waals surface area contributed by atoms with Crippen molar-refractivity contribution >= 4 is 29.9 Å². The van der Waals surface area contributed by atoms with Gasteiger partial charge in [0.2, 0.25) is 0 Å². The first-order valence-corrected chi connectivity index (χ1v) is 14.0. The topological polar surface area (TPSA) is 0 Å². The Bertz CT molecular complexity index is 899. The van der Waals surface area contributed by atoms with E-state index < -0.39 is 0 Å². The second kappa shape index (κ2) is 10.1. The molecule has 0 saturated carbocycles. The van der Waals surface area contributed by atoms with Gasteiger partial charge in [-0.25, -0.2) is 0 Å². The van der Waals surface area contributed by atoms with Crippen molar-refractivity contribution in [2.45, 2.75) is 13.9 Å². The van der Waals surface area contributed by atoms with Gasteiger partial charge in [0.1, 0.15) is 0 Å². The summed E-state index contributed by atoms with van der Waals surface area (Å²) in [7, 11) is 0. The standard InChI is InChI=1S/C27H24Se2/c1-5-13-23(14-6-1)21-28-27(25-17-9-3-10-18-25,26-19-11-4-12-20-26)29-22-24-15-7-2-8-16-24/h1-20H,21-22H2. The van der Waals surface area contributed by atoms with Gasteiger partial charge < -0.3 is 0 Å². The van der Waals surface area contributed by atoms with E-state index in [1.54, 1.807) is 0 Å². The molecule has 4 aromatic rings. The fourth-order valence-electron chi connectivity index (χ4n) is 3.38. The molecule has 0 aliphatic heterocycles. The first kappa shape index (κ1) is 20.2. The monoisotopic (exact) mass is 508 g/mol. The summed E-state index contributed by atoms with van der Waals surface area (Å²) in [5.41, 5.74) is 5.83. The van der Waals surface area contributed by atoms with Crippen LogP contribution >= 0.6 is 0 Å². The first-order valence-electron chi connectivity index (χ1n) is 9.84. The van der Waals surface area contributed by atoms with Gasteiger partial charge >= 0.3 is 187 Å². The van der Waals surface area contributed by atoms with Crippen LogP contribution in [0.1, 0.15) is 22.3 Å². The van der Waals surface area contributed by atoms with E-state index in [0.717, 1.165) is 10.6 Å². The van der Waals surface area contributed by atoms with Crippen molar-refractivity contribution in [2.75, 3.05) is 0 Å². The Labute approximate surface area is 186 Å². The van der Waals surface area contributed by atoms with E-state index in [2.05, 4.69) is 121 Å². The van der Waals surface area contributed by atoms with Crippen molar-refractivity contribution in [3.05, 3.63) is 144 Å². The predicted molar refractivity (Wildman–Crippen MR) is 125 cm³/mol. The van der Waals surface area contributed by atoms with Gasteiger partial charge in [0.25, 0.3) is 0 Å². The number of hydrogen-bond donors (Lipinski definition) is 0. The molecule has 0 bridgehead atoms. The van der Waals surface area contributed by atoms with E-state index in [1.807, 2.05) is 0 Å². The molecule has 0 spiro atoms. The van der Waals surface area contributed by atoms with E-state index >= 15 is 0 Å². The fraction of sp³-hybridized carbons (Fsp3) is 0.111. The Kier molecular flexibility index (Phi) is 7.04. The molecule has 0 aromatic heterocycles. The summed E-state index contributed by atoms with van der Waals surface area (Å²) in [6, 6.07) is 44.4. The summed E-state index contributed by atoms with van der Waals surface area (Å²) >= 11 is 0.817. The van der Waals surface area contributed by atoms with Gasteiger partial charge in [0.05, 0.1) is 0 Å². The maximum absolute atomic E-state index is 2.34. The third-order valence-electron chi connectivity index (χ3n) is 4.88. The molecular formula is C27H24Se2. The van der Waals surface area contributed by atoms with Crippen molar-refractivity contribution in [3.63, 3.8) is 0 Å². The zero-order valence-electron chi connectivity index (χ0n) is 16.3. The van der Waals surface area contributed by atoms with Crippen molar-refractivity contribution < 1.29 is 0 Å². The van der Waals surface area contributed by atoms with Gasteiger partial charge in [-0.3, -0.25) is 0 Å². The van der Waals surface area contributed by atoms with Crippen LogP contribution in [0.15, 0.2) is 121 Å².